The van der Waals surface area contributed by atoms with Crippen LogP contribution in [0, 0.1) is 6.92 Å². The third-order valence-electron chi connectivity index (χ3n) is 5.81. The van der Waals surface area contributed by atoms with Crippen LogP contribution >= 0.6 is 0 Å². The van der Waals surface area contributed by atoms with Gasteiger partial charge in [0.25, 0.3) is 0 Å². The number of rotatable bonds is 7. The Morgan fingerprint density at radius 2 is 1.90 bits per heavy atom. The lowest BCUT2D eigenvalue weighted by molar-refractivity contribution is 0.134. The second kappa shape index (κ2) is 11.1. The first-order chi connectivity index (χ1) is 14.5. The summed E-state index contributed by atoms with van der Waals surface area (Å²) in [6.45, 7) is 9.65. The number of piperidine rings is 1. The Bertz CT molecular complexity index is 791. The molecule has 3 unspecified atom stereocenters. The molecule has 2 aromatic carbocycles. The van der Waals surface area contributed by atoms with E-state index >= 15 is 0 Å². The van der Waals surface area contributed by atoms with Crippen molar-refractivity contribution in [1.82, 2.24) is 15.5 Å². The summed E-state index contributed by atoms with van der Waals surface area (Å²) < 4.78 is 0. The van der Waals surface area contributed by atoms with Crippen LogP contribution in [0.2, 0.25) is 0 Å². The number of aliphatic imine (C=N–C) groups is 1. The van der Waals surface area contributed by atoms with Crippen molar-refractivity contribution in [3.8, 4) is 0 Å². The Labute approximate surface area is 181 Å². The zero-order valence-corrected chi connectivity index (χ0v) is 18.5. The van der Waals surface area contributed by atoms with E-state index in [1.165, 1.54) is 11.1 Å². The van der Waals surface area contributed by atoms with Gasteiger partial charge in [0.15, 0.2) is 5.96 Å². The van der Waals surface area contributed by atoms with E-state index in [1.54, 1.807) is 0 Å². The predicted molar refractivity (Wildman–Crippen MR) is 125 cm³/mol. The van der Waals surface area contributed by atoms with Crippen LogP contribution in [0.4, 0.5) is 0 Å². The Morgan fingerprint density at radius 3 is 2.57 bits per heavy atom. The van der Waals surface area contributed by atoms with E-state index in [2.05, 4.69) is 64.7 Å². The number of hydrogen-bond acceptors (Lipinski definition) is 3. The van der Waals surface area contributed by atoms with Crippen molar-refractivity contribution in [1.29, 1.82) is 0 Å². The van der Waals surface area contributed by atoms with Crippen molar-refractivity contribution in [3.63, 3.8) is 0 Å². The maximum atomic E-state index is 10.5. The molecular formula is C25H36N4O. The predicted octanol–water partition coefficient (Wildman–Crippen LogP) is 3.64. The van der Waals surface area contributed by atoms with Gasteiger partial charge in [0, 0.05) is 31.7 Å². The summed E-state index contributed by atoms with van der Waals surface area (Å²) in [4.78, 5) is 7.20. The molecule has 1 heterocycles. The number of nitrogens with zero attached hydrogens (tertiary/aromatic N) is 2. The fourth-order valence-electron chi connectivity index (χ4n) is 3.99. The van der Waals surface area contributed by atoms with Crippen LogP contribution in [0.1, 0.15) is 49.5 Å². The minimum Gasteiger partial charge on any atom is -0.386 e. The van der Waals surface area contributed by atoms with Gasteiger partial charge < -0.3 is 15.7 Å². The fraction of sp³-hybridized carbons (Fsp3) is 0.480. The maximum absolute atomic E-state index is 10.5. The van der Waals surface area contributed by atoms with Crippen LogP contribution in [0.25, 0.3) is 0 Å². The number of guanidine groups is 1. The Kier molecular flexibility index (Phi) is 8.29. The minimum absolute atomic E-state index is 0.348. The van der Waals surface area contributed by atoms with Crippen molar-refractivity contribution in [3.05, 3.63) is 71.3 Å². The molecule has 0 bridgehead atoms. The molecule has 0 aliphatic carbocycles. The van der Waals surface area contributed by atoms with E-state index in [0.717, 1.165) is 44.0 Å². The van der Waals surface area contributed by atoms with E-state index in [4.69, 9.17) is 0 Å². The highest BCUT2D eigenvalue weighted by Crippen LogP contribution is 2.20. The molecule has 3 N–H and O–H groups in total. The molecule has 0 radical (unpaired) electrons. The first kappa shape index (κ1) is 22.3. The zero-order chi connectivity index (χ0) is 21.3. The molecular weight excluding hydrogens is 372 g/mol. The maximum Gasteiger partial charge on any atom is 0.191 e. The van der Waals surface area contributed by atoms with Gasteiger partial charge in [-0.25, -0.2) is 0 Å². The first-order valence-corrected chi connectivity index (χ1v) is 11.1. The summed E-state index contributed by atoms with van der Waals surface area (Å²) in [6, 6.07) is 19.6. The monoisotopic (exact) mass is 408 g/mol. The zero-order valence-electron chi connectivity index (χ0n) is 18.5. The number of hydrogen-bond donors (Lipinski definition) is 3. The van der Waals surface area contributed by atoms with E-state index in [9.17, 15) is 5.11 Å². The van der Waals surface area contributed by atoms with Crippen LogP contribution in [0.3, 0.4) is 0 Å². The number of aryl methyl sites for hydroxylation is 1. The number of benzene rings is 2. The van der Waals surface area contributed by atoms with Gasteiger partial charge in [-0.2, -0.15) is 0 Å². The third kappa shape index (κ3) is 6.57. The van der Waals surface area contributed by atoms with Gasteiger partial charge in [-0.05, 0) is 44.7 Å². The Morgan fingerprint density at radius 1 is 1.17 bits per heavy atom. The smallest absolute Gasteiger partial charge is 0.191 e. The molecule has 162 valence electrons. The highest BCUT2D eigenvalue weighted by molar-refractivity contribution is 5.80. The number of aliphatic hydroxyl groups is 1. The largest absolute Gasteiger partial charge is 0.386 e. The average Bonchev–Trinajstić information content (AvgIpc) is 2.75. The lowest BCUT2D eigenvalue weighted by atomic mass is 9.97. The molecule has 5 nitrogen and oxygen atoms in total. The van der Waals surface area contributed by atoms with Crippen molar-refractivity contribution in [2.24, 2.45) is 4.99 Å². The lowest BCUT2D eigenvalue weighted by Gasteiger charge is -2.38. The normalized spacial score (nSPS) is 21.3. The van der Waals surface area contributed by atoms with Gasteiger partial charge in [-0.3, -0.25) is 9.89 Å². The second-order valence-electron chi connectivity index (χ2n) is 8.32. The van der Waals surface area contributed by atoms with Gasteiger partial charge in [0.2, 0.25) is 0 Å². The summed E-state index contributed by atoms with van der Waals surface area (Å²) >= 11 is 0. The molecule has 0 amide bonds. The fourth-order valence-corrected chi connectivity index (χ4v) is 3.99. The van der Waals surface area contributed by atoms with Crippen LogP contribution < -0.4 is 10.6 Å². The summed E-state index contributed by atoms with van der Waals surface area (Å²) in [5.41, 5.74) is 3.47. The summed E-state index contributed by atoms with van der Waals surface area (Å²) in [7, 11) is 0. The van der Waals surface area contributed by atoms with Gasteiger partial charge in [0.05, 0.1) is 12.6 Å². The highest BCUT2D eigenvalue weighted by atomic mass is 16.3. The minimum atomic E-state index is -0.590. The molecule has 1 fully saturated rings. The number of nitrogens with one attached hydrogen (secondary N) is 2. The molecule has 3 atom stereocenters. The topological polar surface area (TPSA) is 59.9 Å². The molecule has 0 aromatic heterocycles. The number of aliphatic hydroxyl groups excluding tert-OH is 1. The Hall–Kier alpha value is -2.37. The molecule has 2 aromatic rings. The molecule has 30 heavy (non-hydrogen) atoms. The molecule has 1 aliphatic rings. The average molecular weight is 409 g/mol. The quantitative estimate of drug-likeness (QED) is 0.484. The molecule has 0 spiro atoms. The van der Waals surface area contributed by atoms with E-state index in [1.807, 2.05) is 31.2 Å². The van der Waals surface area contributed by atoms with Gasteiger partial charge in [-0.1, -0.05) is 60.2 Å². The van der Waals surface area contributed by atoms with Crippen molar-refractivity contribution < 1.29 is 5.11 Å². The van der Waals surface area contributed by atoms with Crippen LogP contribution in [0.5, 0.6) is 0 Å². The summed E-state index contributed by atoms with van der Waals surface area (Å²) in [5, 5.41) is 17.4. The van der Waals surface area contributed by atoms with Crippen LogP contribution in [0.15, 0.2) is 59.6 Å². The van der Waals surface area contributed by atoms with Crippen LogP contribution in [-0.2, 0) is 6.54 Å². The Balaban J connectivity index is 1.53. The summed E-state index contributed by atoms with van der Waals surface area (Å²) in [6.07, 6.45) is 1.58. The number of likely N-dealkylation sites (tertiary alicyclic amines) is 1. The van der Waals surface area contributed by atoms with E-state index < -0.39 is 6.10 Å². The van der Waals surface area contributed by atoms with Gasteiger partial charge in [0.1, 0.15) is 0 Å². The molecule has 0 saturated carbocycles. The summed E-state index contributed by atoms with van der Waals surface area (Å²) in [5.74, 6) is 0.789. The van der Waals surface area contributed by atoms with Crippen molar-refractivity contribution >= 4 is 5.96 Å². The standard InChI is InChI=1S/C25H36N4O/c1-4-26-25(27-17-24(30)22-12-10-19(2)11-13-22)28-23-14-15-29(20(3)16-23)18-21-8-6-5-7-9-21/h5-13,20,23-24,30H,4,14-18H2,1-3H3,(H2,26,27,28). The second-order valence-corrected chi connectivity index (χ2v) is 8.32. The van der Waals surface area contributed by atoms with Crippen LogP contribution in [-0.4, -0.2) is 47.7 Å². The van der Waals surface area contributed by atoms with Crippen molar-refractivity contribution in [2.45, 2.75) is 58.3 Å². The SMILES string of the molecule is CCNC(=NCC(O)c1ccc(C)cc1)NC1CCN(Cc2ccccc2)C(C)C1. The third-order valence-corrected chi connectivity index (χ3v) is 5.81. The molecule has 3 rings (SSSR count). The lowest BCUT2D eigenvalue weighted by Crippen LogP contribution is -2.51. The van der Waals surface area contributed by atoms with Crippen molar-refractivity contribution in [2.75, 3.05) is 19.6 Å². The molecule has 1 saturated heterocycles. The van der Waals surface area contributed by atoms with Gasteiger partial charge in [-0.15, -0.1) is 0 Å². The molecule has 1 aliphatic heterocycles. The van der Waals surface area contributed by atoms with E-state index in [0.29, 0.717) is 18.6 Å². The van der Waals surface area contributed by atoms with Gasteiger partial charge >= 0.3 is 0 Å². The first-order valence-electron chi connectivity index (χ1n) is 11.1. The van der Waals surface area contributed by atoms with E-state index in [-0.39, 0.29) is 0 Å². The highest BCUT2D eigenvalue weighted by Gasteiger charge is 2.26. The molecule has 5 heteroatoms.